The number of hydrogen-bond acceptors (Lipinski definition) is 10. The molecule has 11 nitrogen and oxygen atoms in total. The number of nitrogens with one attached hydrogen (secondary N) is 3. The first-order chi connectivity index (χ1) is 21.2. The predicted octanol–water partition coefficient (Wildman–Crippen LogP) is 4.97. The summed E-state index contributed by atoms with van der Waals surface area (Å²) in [7, 11) is 0. The van der Waals surface area contributed by atoms with Crippen LogP contribution in [0.25, 0.3) is 0 Å². The number of carbonyl (C=O) groups excluding carboxylic acids is 2. The summed E-state index contributed by atoms with van der Waals surface area (Å²) in [4.78, 5) is 41.9. The number of carbonyl (C=O) groups is 2. The van der Waals surface area contributed by atoms with E-state index in [1.165, 1.54) is 11.9 Å². The lowest BCUT2D eigenvalue weighted by Gasteiger charge is -2.34. The third-order valence-corrected chi connectivity index (χ3v) is 7.86. The first-order valence-electron chi connectivity index (χ1n) is 15.4. The lowest BCUT2D eigenvalue weighted by molar-refractivity contribution is -0.156. The summed E-state index contributed by atoms with van der Waals surface area (Å²) in [6.07, 6.45) is 5.02. The van der Waals surface area contributed by atoms with Gasteiger partial charge in [-0.25, -0.2) is 24.5 Å². The molecule has 3 aromatic rings. The SMILES string of the molecule is Cc1c(NCC(NC(=O)OCc2ccccc2)C(=O)OC(C)(C)C)ncnc1N1CCC(c2ccc3c(n2)NCCC3)CC1. The number of aryl methyl sites for hydroxylation is 1. The van der Waals surface area contributed by atoms with Crippen LogP contribution in [0.4, 0.5) is 22.2 Å². The van der Waals surface area contributed by atoms with Crippen LogP contribution in [0.5, 0.6) is 0 Å². The van der Waals surface area contributed by atoms with E-state index in [-0.39, 0.29) is 13.2 Å². The first kappa shape index (κ1) is 31.0. The van der Waals surface area contributed by atoms with Crippen LogP contribution in [0.3, 0.4) is 0 Å². The summed E-state index contributed by atoms with van der Waals surface area (Å²) in [6, 6.07) is 12.8. The molecule has 2 aromatic heterocycles. The first-order valence-corrected chi connectivity index (χ1v) is 15.4. The zero-order valence-corrected chi connectivity index (χ0v) is 26.1. The lowest BCUT2D eigenvalue weighted by Crippen LogP contribution is -2.48. The van der Waals surface area contributed by atoms with Gasteiger partial charge in [0.2, 0.25) is 0 Å². The van der Waals surface area contributed by atoms with Crippen molar-refractivity contribution < 1.29 is 19.1 Å². The minimum atomic E-state index is -0.996. The zero-order chi connectivity index (χ0) is 31.1. The van der Waals surface area contributed by atoms with Crippen molar-refractivity contribution in [2.24, 2.45) is 0 Å². The highest BCUT2D eigenvalue weighted by molar-refractivity contribution is 5.82. The summed E-state index contributed by atoms with van der Waals surface area (Å²) in [5.41, 5.74) is 3.46. The molecule has 2 aliphatic rings. The summed E-state index contributed by atoms with van der Waals surface area (Å²) in [5.74, 6) is 2.32. The molecule has 5 rings (SSSR count). The molecule has 3 N–H and O–H groups in total. The van der Waals surface area contributed by atoms with Gasteiger partial charge in [-0.05, 0) is 70.6 Å². The van der Waals surface area contributed by atoms with Crippen LogP contribution in [0, 0.1) is 6.92 Å². The molecule has 1 unspecified atom stereocenters. The molecule has 0 bridgehead atoms. The predicted molar refractivity (Wildman–Crippen MR) is 170 cm³/mol. The highest BCUT2D eigenvalue weighted by atomic mass is 16.6. The van der Waals surface area contributed by atoms with Gasteiger partial charge in [-0.15, -0.1) is 0 Å². The van der Waals surface area contributed by atoms with Crippen LogP contribution in [0.2, 0.25) is 0 Å². The average molecular weight is 602 g/mol. The number of ether oxygens (including phenoxy) is 2. The van der Waals surface area contributed by atoms with Crippen molar-refractivity contribution in [3.8, 4) is 0 Å². The third kappa shape index (κ3) is 8.15. The van der Waals surface area contributed by atoms with E-state index in [1.54, 1.807) is 20.8 Å². The fraction of sp³-hybridized carbons (Fsp3) is 0.485. The fourth-order valence-corrected chi connectivity index (χ4v) is 5.57. The molecule has 1 saturated heterocycles. The van der Waals surface area contributed by atoms with Crippen molar-refractivity contribution in [2.45, 2.75) is 77.5 Å². The number of benzene rings is 1. The summed E-state index contributed by atoms with van der Waals surface area (Å²) in [5, 5.41) is 9.34. The number of hydrogen-bond donors (Lipinski definition) is 3. The molecule has 0 saturated carbocycles. The van der Waals surface area contributed by atoms with E-state index in [4.69, 9.17) is 14.5 Å². The molecule has 0 aliphatic carbocycles. The molecule has 1 atom stereocenters. The fourth-order valence-electron chi connectivity index (χ4n) is 5.57. The molecule has 2 aliphatic heterocycles. The van der Waals surface area contributed by atoms with Crippen LogP contribution in [-0.2, 0) is 27.3 Å². The highest BCUT2D eigenvalue weighted by Crippen LogP contribution is 2.33. The van der Waals surface area contributed by atoms with Gasteiger partial charge in [-0.3, -0.25) is 0 Å². The maximum Gasteiger partial charge on any atom is 0.408 e. The number of alkyl carbamates (subject to hydrolysis) is 1. The molecule has 1 amide bonds. The van der Waals surface area contributed by atoms with Gasteiger partial charge in [0, 0.05) is 43.4 Å². The van der Waals surface area contributed by atoms with E-state index in [1.807, 2.05) is 37.3 Å². The number of nitrogens with zero attached hydrogens (tertiary/aromatic N) is 4. The smallest absolute Gasteiger partial charge is 0.408 e. The van der Waals surface area contributed by atoms with Gasteiger partial charge >= 0.3 is 12.1 Å². The number of amides is 1. The van der Waals surface area contributed by atoms with Crippen LogP contribution >= 0.6 is 0 Å². The number of anilines is 3. The van der Waals surface area contributed by atoms with Crippen LogP contribution in [0.15, 0.2) is 48.8 Å². The van der Waals surface area contributed by atoms with Crippen molar-refractivity contribution in [1.82, 2.24) is 20.3 Å². The quantitative estimate of drug-likeness (QED) is 0.289. The lowest BCUT2D eigenvalue weighted by atomic mass is 9.92. The second-order valence-electron chi connectivity index (χ2n) is 12.4. The second-order valence-corrected chi connectivity index (χ2v) is 12.4. The Hall–Kier alpha value is -4.41. The van der Waals surface area contributed by atoms with Crippen molar-refractivity contribution in [3.05, 3.63) is 71.2 Å². The van der Waals surface area contributed by atoms with Crippen LogP contribution in [0.1, 0.15) is 68.3 Å². The second kappa shape index (κ2) is 13.9. The zero-order valence-electron chi connectivity index (χ0n) is 26.1. The van der Waals surface area contributed by atoms with Gasteiger partial charge in [0.25, 0.3) is 0 Å². The normalized spacial score (nSPS) is 15.9. The molecule has 1 aromatic carbocycles. The van der Waals surface area contributed by atoms with E-state index >= 15 is 0 Å². The maximum absolute atomic E-state index is 13.0. The number of piperidine rings is 1. The Kier molecular flexibility index (Phi) is 9.82. The summed E-state index contributed by atoms with van der Waals surface area (Å²) >= 11 is 0. The molecular weight excluding hydrogens is 558 g/mol. The van der Waals surface area contributed by atoms with Gasteiger partial charge in [-0.2, -0.15) is 0 Å². The minimum absolute atomic E-state index is 0.0623. The topological polar surface area (TPSA) is 131 Å². The van der Waals surface area contributed by atoms with Gasteiger partial charge in [0.05, 0.1) is 0 Å². The number of esters is 1. The maximum atomic E-state index is 13.0. The molecule has 11 heteroatoms. The molecule has 1 fully saturated rings. The number of rotatable bonds is 9. The van der Waals surface area contributed by atoms with E-state index in [9.17, 15) is 9.59 Å². The summed E-state index contributed by atoms with van der Waals surface area (Å²) < 4.78 is 10.9. The molecule has 4 heterocycles. The van der Waals surface area contributed by atoms with Crippen molar-refractivity contribution in [1.29, 1.82) is 0 Å². The molecule has 234 valence electrons. The van der Waals surface area contributed by atoms with Gasteiger partial charge in [0.15, 0.2) is 0 Å². The Morgan fingerprint density at radius 2 is 1.86 bits per heavy atom. The standard InChI is InChI=1S/C33H43N7O4/c1-22-28(35-19-27(31(41)44-33(2,3)4)39-32(42)43-20-23-9-6-5-7-10-23)36-21-37-30(22)40-17-14-24(15-18-40)26-13-12-25-11-8-16-34-29(25)38-26/h5-7,9-10,12-13,21,24,27H,8,11,14-20H2,1-4H3,(H,34,38)(H,39,42)(H,35,36,37). The Balaban J connectivity index is 1.20. The molecular formula is C33H43N7O4. The Morgan fingerprint density at radius 1 is 1.09 bits per heavy atom. The van der Waals surface area contributed by atoms with E-state index in [0.29, 0.717) is 11.7 Å². The average Bonchev–Trinajstić information content (AvgIpc) is 3.02. The van der Waals surface area contributed by atoms with Gasteiger partial charge in [-0.1, -0.05) is 36.4 Å². The van der Waals surface area contributed by atoms with Gasteiger partial charge in [0.1, 0.15) is 42.0 Å². The van der Waals surface area contributed by atoms with Crippen LogP contribution < -0.4 is 20.9 Å². The Bertz CT molecular complexity index is 1440. The largest absolute Gasteiger partial charge is 0.458 e. The molecule has 44 heavy (non-hydrogen) atoms. The highest BCUT2D eigenvalue weighted by Gasteiger charge is 2.29. The van der Waals surface area contributed by atoms with Crippen molar-refractivity contribution >= 4 is 29.5 Å². The van der Waals surface area contributed by atoms with Gasteiger partial charge < -0.3 is 30.3 Å². The van der Waals surface area contributed by atoms with Crippen molar-refractivity contribution in [3.63, 3.8) is 0 Å². The Morgan fingerprint density at radius 3 is 2.61 bits per heavy atom. The molecule has 0 spiro atoms. The minimum Gasteiger partial charge on any atom is -0.458 e. The van der Waals surface area contributed by atoms with Crippen molar-refractivity contribution in [2.75, 3.05) is 41.7 Å². The monoisotopic (exact) mass is 601 g/mol. The van der Waals surface area contributed by atoms with Crippen LogP contribution in [-0.4, -0.2) is 64.8 Å². The molecule has 0 radical (unpaired) electrons. The van der Waals surface area contributed by atoms with E-state index in [2.05, 4.69) is 43.0 Å². The van der Waals surface area contributed by atoms with E-state index in [0.717, 1.165) is 73.8 Å². The number of pyridine rings is 1. The third-order valence-electron chi connectivity index (χ3n) is 7.86. The van der Waals surface area contributed by atoms with E-state index < -0.39 is 23.7 Å². The Labute approximate surface area is 259 Å². The number of fused-ring (bicyclic) bond motifs is 1. The summed E-state index contributed by atoms with van der Waals surface area (Å²) in [6.45, 7) is 10.1. The number of aromatic nitrogens is 3.